The number of carbonyl (C=O) groups is 1. The van der Waals surface area contributed by atoms with E-state index < -0.39 is 5.97 Å². The fraction of sp³-hybridized carbons (Fsp3) is 0.375. The lowest BCUT2D eigenvalue weighted by molar-refractivity contribution is 0.0698. The van der Waals surface area contributed by atoms with Gasteiger partial charge in [-0.3, -0.25) is 0 Å². The van der Waals surface area contributed by atoms with Crippen LogP contribution in [0.25, 0.3) is 10.8 Å². The highest BCUT2D eigenvalue weighted by Gasteiger charge is 2.11. The molecule has 0 radical (unpaired) electrons. The van der Waals surface area contributed by atoms with Crippen LogP contribution in [0, 0.1) is 5.92 Å². The summed E-state index contributed by atoms with van der Waals surface area (Å²) < 4.78 is 0. The Morgan fingerprint density at radius 2 is 2.00 bits per heavy atom. The Kier molecular flexibility index (Phi) is 4.56. The van der Waals surface area contributed by atoms with Crippen LogP contribution in [0.3, 0.4) is 0 Å². The van der Waals surface area contributed by atoms with Crippen molar-refractivity contribution >= 4 is 22.6 Å². The molecule has 2 N–H and O–H groups in total. The predicted molar refractivity (Wildman–Crippen MR) is 81.3 cm³/mol. The third-order valence-electron chi connectivity index (χ3n) is 3.28. The molecule has 1 aromatic carbocycles. The van der Waals surface area contributed by atoms with Gasteiger partial charge in [-0.1, -0.05) is 38.1 Å². The summed E-state index contributed by atoms with van der Waals surface area (Å²) in [5.74, 6) is 0.505. The lowest BCUT2D eigenvalue weighted by Gasteiger charge is -2.11. The van der Waals surface area contributed by atoms with Crippen molar-refractivity contribution in [2.75, 3.05) is 11.9 Å². The van der Waals surface area contributed by atoms with Gasteiger partial charge in [0, 0.05) is 23.5 Å². The molecule has 0 unspecified atom stereocenters. The second kappa shape index (κ2) is 6.37. The monoisotopic (exact) mass is 272 g/mol. The number of nitrogens with one attached hydrogen (secondary N) is 1. The summed E-state index contributed by atoms with van der Waals surface area (Å²) in [4.78, 5) is 15.5. The molecule has 0 spiro atoms. The Hall–Kier alpha value is -2.10. The maximum atomic E-state index is 11.2. The molecule has 20 heavy (non-hydrogen) atoms. The fourth-order valence-corrected chi connectivity index (χ4v) is 2.22. The highest BCUT2D eigenvalue weighted by molar-refractivity contribution is 6.06. The summed E-state index contributed by atoms with van der Waals surface area (Å²) in [6.07, 6.45) is 3.67. The number of anilines is 1. The molecule has 2 rings (SSSR count). The Balaban J connectivity index is 2.22. The first-order chi connectivity index (χ1) is 9.59. The van der Waals surface area contributed by atoms with Gasteiger partial charge >= 0.3 is 5.97 Å². The predicted octanol–water partition coefficient (Wildman–Crippen LogP) is 3.78. The van der Waals surface area contributed by atoms with Gasteiger partial charge in [-0.25, -0.2) is 9.78 Å². The average molecular weight is 272 g/mol. The number of pyridine rings is 1. The molecule has 0 bridgehead atoms. The van der Waals surface area contributed by atoms with E-state index >= 15 is 0 Å². The molecule has 0 saturated heterocycles. The van der Waals surface area contributed by atoms with Gasteiger partial charge in [-0.05, 0) is 18.8 Å². The van der Waals surface area contributed by atoms with E-state index in [0.717, 1.165) is 36.0 Å². The van der Waals surface area contributed by atoms with Crippen LogP contribution in [-0.4, -0.2) is 22.6 Å². The van der Waals surface area contributed by atoms with E-state index in [-0.39, 0.29) is 5.56 Å². The number of benzene rings is 1. The fourth-order valence-electron chi connectivity index (χ4n) is 2.22. The number of nitrogens with zero attached hydrogens (tertiary/aromatic N) is 1. The minimum atomic E-state index is -0.944. The molecule has 1 aromatic heterocycles. The summed E-state index contributed by atoms with van der Waals surface area (Å²) in [5, 5.41) is 14.1. The van der Waals surface area contributed by atoms with Gasteiger partial charge in [0.15, 0.2) is 0 Å². The van der Waals surface area contributed by atoms with Crippen molar-refractivity contribution in [3.05, 3.63) is 36.0 Å². The number of fused-ring (bicyclic) bond motifs is 1. The number of hydrogen-bond acceptors (Lipinski definition) is 3. The number of hydrogen-bond donors (Lipinski definition) is 2. The molecular formula is C16H20N2O2. The molecule has 4 heteroatoms. The smallest absolute Gasteiger partial charge is 0.337 e. The molecule has 106 valence electrons. The molecule has 2 aromatic rings. The average Bonchev–Trinajstić information content (AvgIpc) is 2.43. The quantitative estimate of drug-likeness (QED) is 0.785. The number of aromatic nitrogens is 1. The molecule has 4 nitrogen and oxygen atoms in total. The molecule has 0 aliphatic heterocycles. The Bertz CT molecular complexity index is 608. The number of aromatic carboxylic acids is 1. The van der Waals surface area contributed by atoms with Crippen molar-refractivity contribution < 1.29 is 9.90 Å². The van der Waals surface area contributed by atoms with E-state index in [4.69, 9.17) is 0 Å². The van der Waals surface area contributed by atoms with Crippen molar-refractivity contribution in [1.29, 1.82) is 0 Å². The Morgan fingerprint density at radius 3 is 2.65 bits per heavy atom. The Morgan fingerprint density at radius 1 is 1.30 bits per heavy atom. The topological polar surface area (TPSA) is 62.2 Å². The molecule has 0 aliphatic rings. The van der Waals surface area contributed by atoms with E-state index in [1.807, 2.05) is 24.3 Å². The number of carboxylic acid groups (broad SMARTS) is 1. The van der Waals surface area contributed by atoms with Crippen molar-refractivity contribution in [1.82, 2.24) is 4.98 Å². The first-order valence-corrected chi connectivity index (χ1v) is 6.94. The van der Waals surface area contributed by atoms with Gasteiger partial charge in [-0.15, -0.1) is 0 Å². The largest absolute Gasteiger partial charge is 0.478 e. The number of carboxylic acids is 1. The van der Waals surface area contributed by atoms with Crippen LogP contribution in [0.5, 0.6) is 0 Å². The van der Waals surface area contributed by atoms with Crippen LogP contribution in [0.1, 0.15) is 37.0 Å². The van der Waals surface area contributed by atoms with E-state index in [2.05, 4.69) is 24.1 Å². The summed E-state index contributed by atoms with van der Waals surface area (Å²) in [7, 11) is 0. The third kappa shape index (κ3) is 3.26. The van der Waals surface area contributed by atoms with Gasteiger partial charge in [0.1, 0.15) is 5.82 Å². The normalized spacial score (nSPS) is 10.9. The van der Waals surface area contributed by atoms with Gasteiger partial charge in [0.25, 0.3) is 0 Å². The minimum absolute atomic E-state index is 0.244. The summed E-state index contributed by atoms with van der Waals surface area (Å²) in [5.41, 5.74) is 0.244. The van der Waals surface area contributed by atoms with Crippen molar-refractivity contribution in [2.45, 2.75) is 26.7 Å². The second-order valence-electron chi connectivity index (χ2n) is 5.33. The van der Waals surface area contributed by atoms with Gasteiger partial charge in [-0.2, -0.15) is 0 Å². The molecule has 0 aliphatic carbocycles. The van der Waals surface area contributed by atoms with Crippen molar-refractivity contribution in [2.24, 2.45) is 5.92 Å². The van der Waals surface area contributed by atoms with Gasteiger partial charge in [0.05, 0.1) is 5.56 Å². The molecule has 0 amide bonds. The van der Waals surface area contributed by atoms with Gasteiger partial charge < -0.3 is 10.4 Å². The Labute approximate surface area is 118 Å². The van der Waals surface area contributed by atoms with Crippen LogP contribution < -0.4 is 5.32 Å². The van der Waals surface area contributed by atoms with E-state index in [1.165, 1.54) is 6.20 Å². The first-order valence-electron chi connectivity index (χ1n) is 6.94. The highest BCUT2D eigenvalue weighted by Crippen LogP contribution is 2.24. The molecule has 0 saturated carbocycles. The van der Waals surface area contributed by atoms with Crippen LogP contribution >= 0.6 is 0 Å². The van der Waals surface area contributed by atoms with Crippen molar-refractivity contribution in [3.63, 3.8) is 0 Å². The van der Waals surface area contributed by atoms with Crippen LogP contribution in [0.15, 0.2) is 30.5 Å². The minimum Gasteiger partial charge on any atom is -0.478 e. The summed E-state index contributed by atoms with van der Waals surface area (Å²) in [6, 6.07) is 7.46. The molecule has 0 fully saturated rings. The lowest BCUT2D eigenvalue weighted by Crippen LogP contribution is -2.07. The molecule has 0 atom stereocenters. The second-order valence-corrected chi connectivity index (χ2v) is 5.33. The third-order valence-corrected chi connectivity index (χ3v) is 3.28. The van der Waals surface area contributed by atoms with Crippen molar-refractivity contribution in [3.8, 4) is 0 Å². The zero-order valence-electron chi connectivity index (χ0n) is 11.9. The maximum Gasteiger partial charge on any atom is 0.337 e. The lowest BCUT2D eigenvalue weighted by atomic mass is 10.1. The van der Waals surface area contributed by atoms with Crippen LogP contribution in [0.2, 0.25) is 0 Å². The molecular weight excluding hydrogens is 252 g/mol. The molecule has 1 heterocycles. The zero-order chi connectivity index (χ0) is 14.5. The van der Waals surface area contributed by atoms with Crippen LogP contribution in [0.4, 0.5) is 5.82 Å². The summed E-state index contributed by atoms with van der Waals surface area (Å²) >= 11 is 0. The van der Waals surface area contributed by atoms with Crippen LogP contribution in [-0.2, 0) is 0 Å². The standard InChI is InChI=1S/C16H20N2O2/c1-11(2)6-5-9-17-15-13-8-4-3-7-12(13)14(10-18-15)16(19)20/h3-4,7-8,10-11H,5-6,9H2,1-2H3,(H,17,18)(H,19,20). The van der Waals surface area contributed by atoms with E-state index in [1.54, 1.807) is 0 Å². The highest BCUT2D eigenvalue weighted by atomic mass is 16.4. The summed E-state index contributed by atoms with van der Waals surface area (Å²) in [6.45, 7) is 5.26. The van der Waals surface area contributed by atoms with E-state index in [9.17, 15) is 9.90 Å². The number of rotatable bonds is 6. The zero-order valence-corrected chi connectivity index (χ0v) is 11.9. The maximum absolute atomic E-state index is 11.2. The first kappa shape index (κ1) is 14.3. The van der Waals surface area contributed by atoms with Gasteiger partial charge in [0.2, 0.25) is 0 Å². The SMILES string of the molecule is CC(C)CCCNc1ncc(C(=O)O)c2ccccc12. The van der Waals surface area contributed by atoms with E-state index in [0.29, 0.717) is 5.92 Å².